The van der Waals surface area contributed by atoms with Crippen molar-refractivity contribution in [3.05, 3.63) is 45.4 Å². The first-order chi connectivity index (χ1) is 9.88. The molecule has 0 atom stereocenters. The smallest absolute Gasteiger partial charge is 0.335 e. The fraction of sp³-hybridized carbons (Fsp3) is 0.286. The molecule has 2 aromatic rings. The zero-order chi connectivity index (χ0) is 15.6. The zero-order valence-corrected chi connectivity index (χ0v) is 12.2. The van der Waals surface area contributed by atoms with Gasteiger partial charge in [-0.2, -0.15) is 0 Å². The highest BCUT2D eigenvalue weighted by atomic mass is 32.1. The number of hydrogen-bond donors (Lipinski definition) is 1. The average molecular weight is 313 g/mol. The average Bonchev–Trinajstić information content (AvgIpc) is 2.86. The van der Waals surface area contributed by atoms with Crippen molar-refractivity contribution in [1.82, 2.24) is 4.98 Å². The third-order valence-electron chi connectivity index (χ3n) is 2.67. The normalized spacial score (nSPS) is 10.9. The summed E-state index contributed by atoms with van der Waals surface area (Å²) in [5.74, 6) is -3.83. The molecule has 1 aromatic carbocycles. The van der Waals surface area contributed by atoms with Gasteiger partial charge in [0.05, 0.1) is 16.3 Å². The number of nitrogens with zero attached hydrogens (tertiary/aromatic N) is 1. The van der Waals surface area contributed by atoms with Crippen LogP contribution in [0.5, 0.6) is 5.75 Å². The van der Waals surface area contributed by atoms with E-state index < -0.39 is 28.9 Å². The van der Waals surface area contributed by atoms with E-state index in [4.69, 9.17) is 9.84 Å². The summed E-state index contributed by atoms with van der Waals surface area (Å²) in [6.45, 7) is 3.91. The maximum Gasteiger partial charge on any atom is 0.335 e. The maximum absolute atomic E-state index is 13.7. The Kier molecular flexibility index (Phi) is 4.52. The van der Waals surface area contributed by atoms with Gasteiger partial charge in [0.1, 0.15) is 6.61 Å². The molecule has 1 N–H and O–H groups in total. The molecule has 2 rings (SSSR count). The summed E-state index contributed by atoms with van der Waals surface area (Å²) in [6.07, 6.45) is 0. The van der Waals surface area contributed by atoms with E-state index in [1.165, 1.54) is 11.3 Å². The Morgan fingerprint density at radius 1 is 1.38 bits per heavy atom. The number of benzene rings is 1. The number of aromatic nitrogens is 1. The summed E-state index contributed by atoms with van der Waals surface area (Å²) < 4.78 is 32.4. The lowest BCUT2D eigenvalue weighted by atomic mass is 10.2. The number of ether oxygens (including phenoxy) is 1. The number of hydrogen-bond acceptors (Lipinski definition) is 4. The summed E-state index contributed by atoms with van der Waals surface area (Å²) in [4.78, 5) is 15.0. The van der Waals surface area contributed by atoms with E-state index in [1.807, 2.05) is 13.8 Å². The molecule has 0 fully saturated rings. The largest absolute Gasteiger partial charge is 0.481 e. The van der Waals surface area contributed by atoms with Gasteiger partial charge in [-0.3, -0.25) is 0 Å². The lowest BCUT2D eigenvalue weighted by Gasteiger charge is -2.08. The van der Waals surface area contributed by atoms with Gasteiger partial charge in [-0.1, -0.05) is 13.8 Å². The van der Waals surface area contributed by atoms with Gasteiger partial charge in [-0.15, -0.1) is 11.3 Å². The molecule has 0 spiro atoms. The molecule has 0 unspecified atom stereocenters. The van der Waals surface area contributed by atoms with Gasteiger partial charge in [0.2, 0.25) is 0 Å². The Labute approximate surface area is 124 Å². The summed E-state index contributed by atoms with van der Waals surface area (Å²) in [7, 11) is 0. The molecule has 0 bridgehead atoms. The molecule has 1 aromatic heterocycles. The van der Waals surface area contributed by atoms with Gasteiger partial charge in [0.15, 0.2) is 17.4 Å². The van der Waals surface area contributed by atoms with E-state index in [0.717, 1.165) is 17.1 Å². The van der Waals surface area contributed by atoms with Gasteiger partial charge in [-0.05, 0) is 12.1 Å². The molecule has 7 heteroatoms. The fourth-order valence-corrected chi connectivity index (χ4v) is 2.44. The van der Waals surface area contributed by atoms with Crippen LogP contribution in [0.2, 0.25) is 0 Å². The lowest BCUT2D eigenvalue weighted by Crippen LogP contribution is -2.04. The van der Waals surface area contributed by atoms with Crippen molar-refractivity contribution in [2.24, 2.45) is 0 Å². The van der Waals surface area contributed by atoms with Crippen molar-refractivity contribution < 1.29 is 23.4 Å². The van der Waals surface area contributed by atoms with Crippen LogP contribution in [0.25, 0.3) is 0 Å². The second-order valence-electron chi connectivity index (χ2n) is 4.69. The number of rotatable bonds is 5. The van der Waals surface area contributed by atoms with Crippen molar-refractivity contribution in [3.8, 4) is 5.75 Å². The molecule has 112 valence electrons. The van der Waals surface area contributed by atoms with E-state index >= 15 is 0 Å². The molecule has 0 amide bonds. The number of thiazole rings is 1. The topological polar surface area (TPSA) is 59.4 Å². The molecule has 0 aliphatic carbocycles. The van der Waals surface area contributed by atoms with E-state index in [-0.39, 0.29) is 12.5 Å². The molecule has 0 aliphatic rings. The van der Waals surface area contributed by atoms with E-state index in [9.17, 15) is 13.6 Å². The highest BCUT2D eigenvalue weighted by Crippen LogP contribution is 2.25. The van der Waals surface area contributed by atoms with Crippen LogP contribution in [-0.2, 0) is 6.61 Å². The summed E-state index contributed by atoms with van der Waals surface area (Å²) in [5, 5.41) is 11.4. The first-order valence-electron chi connectivity index (χ1n) is 6.18. The van der Waals surface area contributed by atoms with E-state index in [0.29, 0.717) is 5.69 Å². The highest BCUT2D eigenvalue weighted by Gasteiger charge is 2.16. The Morgan fingerprint density at radius 2 is 2.00 bits per heavy atom. The molecule has 21 heavy (non-hydrogen) atoms. The minimum absolute atomic E-state index is 0.0799. The van der Waals surface area contributed by atoms with Crippen molar-refractivity contribution >= 4 is 17.3 Å². The number of carboxylic acids is 1. The minimum Gasteiger partial charge on any atom is -0.481 e. The first kappa shape index (κ1) is 15.4. The Bertz CT molecular complexity index is 647. The summed E-state index contributed by atoms with van der Waals surface area (Å²) in [5.41, 5.74) is 0.109. The zero-order valence-electron chi connectivity index (χ0n) is 11.4. The SMILES string of the molecule is CC(C)c1nc(COc2c(F)cc(C(=O)O)cc2F)cs1. The van der Waals surface area contributed by atoms with Crippen molar-refractivity contribution in [2.45, 2.75) is 26.4 Å². The standard InChI is InChI=1S/C14H13F2NO3S/c1-7(2)13-17-9(6-21-13)5-20-12-10(15)3-8(14(18)19)4-11(12)16/h3-4,6-7H,5H2,1-2H3,(H,18,19). The van der Waals surface area contributed by atoms with Gasteiger partial charge >= 0.3 is 5.97 Å². The summed E-state index contributed by atoms with van der Waals surface area (Å²) >= 11 is 1.45. The Hall–Kier alpha value is -2.02. The van der Waals surface area contributed by atoms with Gasteiger partial charge < -0.3 is 9.84 Å². The maximum atomic E-state index is 13.7. The van der Waals surface area contributed by atoms with Crippen LogP contribution >= 0.6 is 11.3 Å². The van der Waals surface area contributed by atoms with Crippen molar-refractivity contribution in [1.29, 1.82) is 0 Å². The minimum atomic E-state index is -1.40. The van der Waals surface area contributed by atoms with E-state index in [2.05, 4.69) is 4.98 Å². The molecular formula is C14H13F2NO3S. The molecular weight excluding hydrogens is 300 g/mol. The monoisotopic (exact) mass is 313 g/mol. The Balaban J connectivity index is 2.14. The molecule has 0 saturated heterocycles. The molecule has 1 heterocycles. The predicted octanol–water partition coefficient (Wildman–Crippen LogP) is 3.82. The molecule has 4 nitrogen and oxygen atoms in total. The fourth-order valence-electron chi connectivity index (χ4n) is 1.62. The number of carbonyl (C=O) groups is 1. The number of aromatic carboxylic acids is 1. The van der Waals surface area contributed by atoms with Crippen molar-refractivity contribution in [2.75, 3.05) is 0 Å². The van der Waals surface area contributed by atoms with Crippen LogP contribution in [0.15, 0.2) is 17.5 Å². The Morgan fingerprint density at radius 3 is 2.48 bits per heavy atom. The van der Waals surface area contributed by atoms with Gasteiger partial charge in [-0.25, -0.2) is 18.6 Å². The van der Waals surface area contributed by atoms with Crippen LogP contribution in [0, 0.1) is 11.6 Å². The van der Waals surface area contributed by atoms with Crippen LogP contribution < -0.4 is 4.74 Å². The lowest BCUT2D eigenvalue weighted by molar-refractivity contribution is 0.0695. The third-order valence-corrected chi connectivity index (χ3v) is 3.87. The van der Waals surface area contributed by atoms with Crippen LogP contribution in [-0.4, -0.2) is 16.1 Å². The van der Waals surface area contributed by atoms with Crippen LogP contribution in [0.4, 0.5) is 8.78 Å². The van der Waals surface area contributed by atoms with Gasteiger partial charge in [0.25, 0.3) is 0 Å². The second kappa shape index (κ2) is 6.17. The first-order valence-corrected chi connectivity index (χ1v) is 7.06. The highest BCUT2D eigenvalue weighted by molar-refractivity contribution is 7.09. The van der Waals surface area contributed by atoms with Gasteiger partial charge in [0, 0.05) is 11.3 Å². The number of halogens is 2. The van der Waals surface area contributed by atoms with Crippen molar-refractivity contribution in [3.63, 3.8) is 0 Å². The summed E-state index contributed by atoms with van der Waals surface area (Å²) in [6, 6.07) is 1.45. The second-order valence-corrected chi connectivity index (χ2v) is 5.58. The van der Waals surface area contributed by atoms with Crippen LogP contribution in [0.3, 0.4) is 0 Å². The predicted molar refractivity (Wildman–Crippen MR) is 73.9 cm³/mol. The molecule has 0 saturated carbocycles. The molecule has 0 radical (unpaired) electrons. The quantitative estimate of drug-likeness (QED) is 0.911. The van der Waals surface area contributed by atoms with Crippen LogP contribution in [0.1, 0.15) is 40.8 Å². The van der Waals surface area contributed by atoms with E-state index in [1.54, 1.807) is 5.38 Å². The molecule has 0 aliphatic heterocycles. The third kappa shape index (κ3) is 3.55. The number of carboxylic acid groups (broad SMARTS) is 1.